The maximum absolute atomic E-state index is 12.2. The first kappa shape index (κ1) is 15.0. The summed E-state index contributed by atoms with van der Waals surface area (Å²) in [6.45, 7) is 1.49. The molecule has 3 heterocycles. The summed E-state index contributed by atoms with van der Waals surface area (Å²) in [7, 11) is 0. The highest BCUT2D eigenvalue weighted by atomic mass is 32.1. The van der Waals surface area contributed by atoms with Crippen molar-refractivity contribution >= 4 is 17.2 Å². The Morgan fingerprint density at radius 3 is 3.23 bits per heavy atom. The van der Waals surface area contributed by atoms with Gasteiger partial charge in [0, 0.05) is 12.0 Å². The summed E-state index contributed by atoms with van der Waals surface area (Å²) in [6, 6.07) is 1.54. The first-order valence-electron chi connectivity index (χ1n) is 6.97. The van der Waals surface area contributed by atoms with Crippen LogP contribution in [0, 0.1) is 0 Å². The van der Waals surface area contributed by atoms with Gasteiger partial charge in [-0.1, -0.05) is 0 Å². The van der Waals surface area contributed by atoms with Crippen molar-refractivity contribution in [2.45, 2.75) is 25.2 Å². The van der Waals surface area contributed by atoms with E-state index in [1.54, 1.807) is 11.6 Å². The second-order valence-electron chi connectivity index (χ2n) is 4.90. The average Bonchev–Trinajstić information content (AvgIpc) is 3.08. The van der Waals surface area contributed by atoms with Crippen molar-refractivity contribution in [2.75, 3.05) is 13.2 Å². The van der Waals surface area contributed by atoms with Gasteiger partial charge in [-0.15, -0.1) is 11.3 Å². The van der Waals surface area contributed by atoms with Gasteiger partial charge in [-0.2, -0.15) is 10.2 Å². The highest BCUT2D eigenvalue weighted by Gasteiger charge is 2.28. The molecular formula is C14H16N4O3S. The fourth-order valence-corrected chi connectivity index (χ4v) is 2.76. The van der Waals surface area contributed by atoms with Gasteiger partial charge in [0.2, 0.25) is 0 Å². The zero-order valence-corrected chi connectivity index (χ0v) is 12.7. The third kappa shape index (κ3) is 3.85. The minimum atomic E-state index is -0.186. The number of rotatable bonds is 5. The molecule has 1 saturated heterocycles. The molecule has 116 valence electrons. The molecule has 0 bridgehead atoms. The molecule has 1 aliphatic rings. The molecule has 3 rings (SSSR count). The normalized spacial score (nSPS) is 21.5. The second-order valence-corrected chi connectivity index (χ2v) is 5.62. The molecule has 2 atom stereocenters. The number of carbonyl (C=O) groups is 1. The Labute approximate surface area is 131 Å². The summed E-state index contributed by atoms with van der Waals surface area (Å²) in [5.41, 5.74) is 3.14. The predicted molar refractivity (Wildman–Crippen MR) is 79.4 cm³/mol. The van der Waals surface area contributed by atoms with Crippen LogP contribution in [0.15, 0.2) is 29.4 Å². The van der Waals surface area contributed by atoms with E-state index in [9.17, 15) is 4.79 Å². The number of ether oxygens (including phenoxy) is 2. The number of thiazole rings is 1. The Morgan fingerprint density at radius 2 is 2.45 bits per heavy atom. The molecular weight excluding hydrogens is 304 g/mol. The van der Waals surface area contributed by atoms with Gasteiger partial charge in [-0.3, -0.25) is 4.79 Å². The standard InChI is InChI=1S/C14H16N4O3S/c19-14(10-1-3-16-17-5-10)18-12-2-4-20-7-13(12)21-6-11-8-22-9-15-11/h1,3,5,8-9,12-13H,2,4,6-7H2,(H,18,19)/t12-,13-/m1/s1. The van der Waals surface area contributed by atoms with Crippen LogP contribution in [0.3, 0.4) is 0 Å². The lowest BCUT2D eigenvalue weighted by Crippen LogP contribution is -2.50. The van der Waals surface area contributed by atoms with Crippen LogP contribution in [-0.4, -0.2) is 46.4 Å². The predicted octanol–water partition coefficient (Wildman–Crippen LogP) is 1.04. The molecule has 2 aromatic heterocycles. The third-order valence-electron chi connectivity index (χ3n) is 3.40. The van der Waals surface area contributed by atoms with Crippen molar-refractivity contribution in [3.63, 3.8) is 0 Å². The number of amides is 1. The van der Waals surface area contributed by atoms with Crippen LogP contribution >= 0.6 is 11.3 Å². The van der Waals surface area contributed by atoms with Crippen LogP contribution in [0.25, 0.3) is 0 Å². The monoisotopic (exact) mass is 320 g/mol. The van der Waals surface area contributed by atoms with E-state index < -0.39 is 0 Å². The van der Waals surface area contributed by atoms with Crippen LogP contribution in [0.1, 0.15) is 22.5 Å². The molecule has 0 spiro atoms. The summed E-state index contributed by atoms with van der Waals surface area (Å²) >= 11 is 1.53. The molecule has 8 heteroatoms. The number of nitrogens with zero attached hydrogens (tertiary/aromatic N) is 3. The quantitative estimate of drug-likeness (QED) is 0.886. The van der Waals surface area contributed by atoms with Gasteiger partial charge in [-0.25, -0.2) is 4.98 Å². The van der Waals surface area contributed by atoms with Gasteiger partial charge in [0.1, 0.15) is 6.10 Å². The SMILES string of the molecule is O=C(N[C@@H]1CCOC[C@H]1OCc1cscn1)c1ccnnc1. The maximum atomic E-state index is 12.2. The minimum absolute atomic E-state index is 0.0898. The smallest absolute Gasteiger partial charge is 0.253 e. The van der Waals surface area contributed by atoms with Crippen molar-refractivity contribution in [2.24, 2.45) is 0 Å². The van der Waals surface area contributed by atoms with Gasteiger partial charge in [-0.05, 0) is 12.5 Å². The van der Waals surface area contributed by atoms with Crippen molar-refractivity contribution in [1.82, 2.24) is 20.5 Å². The summed E-state index contributed by atoms with van der Waals surface area (Å²) in [6.07, 6.45) is 3.47. The van der Waals surface area contributed by atoms with E-state index in [-0.39, 0.29) is 18.1 Å². The van der Waals surface area contributed by atoms with Crippen molar-refractivity contribution in [1.29, 1.82) is 0 Å². The Balaban J connectivity index is 1.58. The molecule has 1 amide bonds. The summed E-state index contributed by atoms with van der Waals surface area (Å²) < 4.78 is 11.3. The Kier molecular flexibility index (Phi) is 5.04. The van der Waals surface area contributed by atoms with Crippen LogP contribution in [0.5, 0.6) is 0 Å². The van der Waals surface area contributed by atoms with Crippen molar-refractivity contribution in [3.05, 3.63) is 40.6 Å². The topological polar surface area (TPSA) is 86.2 Å². The summed E-state index contributed by atoms with van der Waals surface area (Å²) in [5, 5.41) is 12.3. The Morgan fingerprint density at radius 1 is 1.50 bits per heavy atom. The van der Waals surface area contributed by atoms with Crippen LogP contribution in [-0.2, 0) is 16.1 Å². The zero-order valence-electron chi connectivity index (χ0n) is 11.8. The Hall–Kier alpha value is -1.90. The molecule has 1 aliphatic heterocycles. The lowest BCUT2D eigenvalue weighted by atomic mass is 10.1. The average molecular weight is 320 g/mol. The molecule has 0 saturated carbocycles. The molecule has 0 radical (unpaired) electrons. The highest BCUT2D eigenvalue weighted by Crippen LogP contribution is 2.14. The molecule has 2 aromatic rings. The molecule has 7 nitrogen and oxygen atoms in total. The molecule has 0 unspecified atom stereocenters. The molecule has 22 heavy (non-hydrogen) atoms. The van der Waals surface area contributed by atoms with Gasteiger partial charge < -0.3 is 14.8 Å². The first-order chi connectivity index (χ1) is 10.8. The Bertz CT molecular complexity index is 593. The van der Waals surface area contributed by atoms with E-state index in [4.69, 9.17) is 9.47 Å². The van der Waals surface area contributed by atoms with Crippen LogP contribution < -0.4 is 5.32 Å². The van der Waals surface area contributed by atoms with E-state index >= 15 is 0 Å². The number of nitrogens with one attached hydrogen (secondary N) is 1. The van der Waals surface area contributed by atoms with E-state index in [1.165, 1.54) is 23.7 Å². The van der Waals surface area contributed by atoms with Gasteiger partial charge in [0.15, 0.2) is 0 Å². The summed E-state index contributed by atoms with van der Waals surface area (Å²) in [5.74, 6) is -0.177. The first-order valence-corrected chi connectivity index (χ1v) is 7.91. The van der Waals surface area contributed by atoms with E-state index in [2.05, 4.69) is 20.5 Å². The van der Waals surface area contributed by atoms with E-state index in [1.807, 2.05) is 5.38 Å². The van der Waals surface area contributed by atoms with E-state index in [0.717, 1.165) is 5.69 Å². The van der Waals surface area contributed by atoms with Crippen molar-refractivity contribution < 1.29 is 14.3 Å². The fraction of sp³-hybridized carbons (Fsp3) is 0.429. The van der Waals surface area contributed by atoms with Crippen LogP contribution in [0.4, 0.5) is 0 Å². The van der Waals surface area contributed by atoms with Gasteiger partial charge in [0.25, 0.3) is 5.91 Å². The fourth-order valence-electron chi connectivity index (χ4n) is 2.22. The lowest BCUT2D eigenvalue weighted by molar-refractivity contribution is -0.0742. The lowest BCUT2D eigenvalue weighted by Gasteiger charge is -2.31. The molecule has 0 aliphatic carbocycles. The zero-order chi connectivity index (χ0) is 15.2. The third-order valence-corrected chi connectivity index (χ3v) is 4.03. The van der Waals surface area contributed by atoms with Gasteiger partial charge in [0.05, 0.1) is 48.4 Å². The largest absolute Gasteiger partial charge is 0.379 e. The maximum Gasteiger partial charge on any atom is 0.253 e. The molecule has 1 N–H and O–H groups in total. The number of hydrogen-bond donors (Lipinski definition) is 1. The van der Waals surface area contributed by atoms with Crippen molar-refractivity contribution in [3.8, 4) is 0 Å². The highest BCUT2D eigenvalue weighted by molar-refractivity contribution is 7.07. The van der Waals surface area contributed by atoms with Gasteiger partial charge >= 0.3 is 0 Å². The number of carbonyl (C=O) groups excluding carboxylic acids is 1. The summed E-state index contributed by atoms with van der Waals surface area (Å²) in [4.78, 5) is 16.4. The van der Waals surface area contributed by atoms with Crippen LogP contribution in [0.2, 0.25) is 0 Å². The molecule has 1 fully saturated rings. The second kappa shape index (κ2) is 7.39. The number of hydrogen-bond acceptors (Lipinski definition) is 7. The minimum Gasteiger partial charge on any atom is -0.379 e. The molecule has 0 aromatic carbocycles. The van der Waals surface area contributed by atoms with E-state index in [0.29, 0.717) is 31.8 Å². The number of aromatic nitrogens is 3.